The third-order valence-electron chi connectivity index (χ3n) is 4.65. The zero-order chi connectivity index (χ0) is 23.0. The molecule has 0 bridgehead atoms. The first-order valence-corrected chi connectivity index (χ1v) is 11.4. The monoisotopic (exact) mass is 456 g/mol. The Morgan fingerprint density at radius 1 is 0.970 bits per heavy atom. The Hall–Kier alpha value is -3.97. The lowest BCUT2D eigenvalue weighted by atomic mass is 10.1. The van der Waals surface area contributed by atoms with E-state index < -0.39 is 0 Å². The molecule has 0 saturated carbocycles. The van der Waals surface area contributed by atoms with Crippen LogP contribution in [-0.4, -0.2) is 17.1 Å². The largest absolute Gasteiger partial charge is 0.457 e. The summed E-state index contributed by atoms with van der Waals surface area (Å²) in [7, 11) is 0. The second-order valence-electron chi connectivity index (χ2n) is 7.56. The average Bonchev–Trinajstić information content (AvgIpc) is 3.23. The SMILES string of the molecule is CC(C)C(=O)Nc1sc(N/N=C\c2cccc(Oc3ccccc3)c2)nc1-c1ccccc1. The summed E-state index contributed by atoms with van der Waals surface area (Å²) in [5, 5.41) is 8.58. The molecule has 3 aromatic carbocycles. The summed E-state index contributed by atoms with van der Waals surface area (Å²) in [4.78, 5) is 16.9. The van der Waals surface area contributed by atoms with Crippen LogP contribution < -0.4 is 15.5 Å². The van der Waals surface area contributed by atoms with Crippen molar-refractivity contribution < 1.29 is 9.53 Å². The van der Waals surface area contributed by atoms with E-state index in [0.29, 0.717) is 15.8 Å². The molecule has 0 aliphatic rings. The van der Waals surface area contributed by atoms with Crippen LogP contribution in [0.3, 0.4) is 0 Å². The van der Waals surface area contributed by atoms with Crippen LogP contribution in [0.1, 0.15) is 19.4 Å². The molecule has 0 spiro atoms. The van der Waals surface area contributed by atoms with Crippen molar-refractivity contribution in [1.82, 2.24) is 4.98 Å². The fourth-order valence-electron chi connectivity index (χ4n) is 2.95. The van der Waals surface area contributed by atoms with Gasteiger partial charge in [0.25, 0.3) is 0 Å². The van der Waals surface area contributed by atoms with Crippen molar-refractivity contribution in [3.63, 3.8) is 0 Å². The molecule has 7 heteroatoms. The van der Waals surface area contributed by atoms with Crippen LogP contribution in [0.4, 0.5) is 10.1 Å². The number of carbonyl (C=O) groups is 1. The van der Waals surface area contributed by atoms with Crippen molar-refractivity contribution in [2.24, 2.45) is 11.0 Å². The third-order valence-corrected chi connectivity index (χ3v) is 5.52. The van der Waals surface area contributed by atoms with Gasteiger partial charge in [0.05, 0.1) is 6.21 Å². The normalized spacial score (nSPS) is 11.0. The Morgan fingerprint density at radius 3 is 2.39 bits per heavy atom. The van der Waals surface area contributed by atoms with Gasteiger partial charge in [-0.25, -0.2) is 4.98 Å². The Labute approximate surface area is 197 Å². The minimum Gasteiger partial charge on any atom is -0.457 e. The second-order valence-corrected chi connectivity index (χ2v) is 8.56. The zero-order valence-corrected chi connectivity index (χ0v) is 19.2. The summed E-state index contributed by atoms with van der Waals surface area (Å²) < 4.78 is 5.88. The Balaban J connectivity index is 1.49. The minimum absolute atomic E-state index is 0.0545. The standard InChI is InChI=1S/C26H24N4O2S/c1-18(2)24(31)29-25-23(20-11-5-3-6-12-20)28-26(33-25)30-27-17-19-10-9-15-22(16-19)32-21-13-7-4-8-14-21/h3-18H,1-2H3,(H,28,30)(H,29,31)/b27-17-. The number of amides is 1. The van der Waals surface area contributed by atoms with Crippen molar-refractivity contribution in [1.29, 1.82) is 0 Å². The van der Waals surface area contributed by atoms with Gasteiger partial charge in [-0.1, -0.05) is 85.8 Å². The van der Waals surface area contributed by atoms with Gasteiger partial charge in [0.15, 0.2) is 0 Å². The van der Waals surface area contributed by atoms with Gasteiger partial charge in [0, 0.05) is 11.5 Å². The molecular weight excluding hydrogens is 432 g/mol. The van der Waals surface area contributed by atoms with E-state index in [-0.39, 0.29) is 11.8 Å². The topological polar surface area (TPSA) is 75.6 Å². The van der Waals surface area contributed by atoms with Gasteiger partial charge in [0.1, 0.15) is 22.2 Å². The number of para-hydroxylation sites is 1. The van der Waals surface area contributed by atoms with E-state index >= 15 is 0 Å². The van der Waals surface area contributed by atoms with Crippen LogP contribution in [0, 0.1) is 5.92 Å². The molecule has 0 fully saturated rings. The number of anilines is 2. The van der Waals surface area contributed by atoms with Crippen LogP contribution in [0.5, 0.6) is 11.5 Å². The van der Waals surface area contributed by atoms with E-state index in [0.717, 1.165) is 22.6 Å². The van der Waals surface area contributed by atoms with Gasteiger partial charge >= 0.3 is 0 Å². The molecule has 2 N–H and O–H groups in total. The lowest BCUT2D eigenvalue weighted by molar-refractivity contribution is -0.118. The number of aromatic nitrogens is 1. The number of nitrogens with one attached hydrogen (secondary N) is 2. The first kappa shape index (κ1) is 22.2. The fourth-order valence-corrected chi connectivity index (χ4v) is 3.79. The summed E-state index contributed by atoms with van der Waals surface area (Å²) in [5.74, 6) is 1.32. The molecule has 0 unspecified atom stereocenters. The molecule has 0 aliphatic carbocycles. The van der Waals surface area contributed by atoms with Gasteiger partial charge < -0.3 is 10.1 Å². The number of thiazole rings is 1. The van der Waals surface area contributed by atoms with E-state index in [1.165, 1.54) is 11.3 Å². The summed E-state index contributed by atoms with van der Waals surface area (Å²) in [6.07, 6.45) is 1.70. The highest BCUT2D eigenvalue weighted by atomic mass is 32.1. The van der Waals surface area contributed by atoms with Gasteiger partial charge in [-0.3, -0.25) is 10.2 Å². The Bertz CT molecular complexity index is 1240. The van der Waals surface area contributed by atoms with Crippen LogP contribution in [0.25, 0.3) is 11.3 Å². The predicted molar refractivity (Wildman–Crippen MR) is 135 cm³/mol. The van der Waals surface area contributed by atoms with Crippen molar-refractivity contribution in [2.45, 2.75) is 13.8 Å². The zero-order valence-electron chi connectivity index (χ0n) is 18.4. The molecule has 0 saturated heterocycles. The van der Waals surface area contributed by atoms with Crippen LogP contribution in [0.15, 0.2) is 90.0 Å². The van der Waals surface area contributed by atoms with Gasteiger partial charge in [0.2, 0.25) is 11.0 Å². The molecule has 4 aromatic rings. The van der Waals surface area contributed by atoms with Crippen molar-refractivity contribution >= 4 is 33.6 Å². The Morgan fingerprint density at radius 2 is 1.67 bits per heavy atom. The van der Waals surface area contributed by atoms with Crippen LogP contribution >= 0.6 is 11.3 Å². The first-order valence-electron chi connectivity index (χ1n) is 10.6. The molecular formula is C26H24N4O2S. The maximum atomic E-state index is 12.3. The number of benzene rings is 3. The average molecular weight is 457 g/mol. The molecule has 1 aromatic heterocycles. The molecule has 166 valence electrons. The molecule has 0 atom stereocenters. The quantitative estimate of drug-likeness (QED) is 0.230. The summed E-state index contributed by atoms with van der Waals surface area (Å²) in [6, 6.07) is 27.0. The number of rotatable bonds is 8. The van der Waals surface area contributed by atoms with Crippen molar-refractivity contribution in [3.05, 3.63) is 90.5 Å². The lowest BCUT2D eigenvalue weighted by Crippen LogP contribution is -2.17. The maximum absolute atomic E-state index is 12.3. The third kappa shape index (κ3) is 6.05. The summed E-state index contributed by atoms with van der Waals surface area (Å²) in [6.45, 7) is 3.72. The molecule has 33 heavy (non-hydrogen) atoms. The smallest absolute Gasteiger partial charge is 0.227 e. The summed E-state index contributed by atoms with van der Waals surface area (Å²) >= 11 is 1.35. The lowest BCUT2D eigenvalue weighted by Gasteiger charge is -2.07. The number of hydrogen-bond acceptors (Lipinski definition) is 6. The van der Waals surface area contributed by atoms with Crippen molar-refractivity contribution in [3.8, 4) is 22.8 Å². The van der Waals surface area contributed by atoms with E-state index in [2.05, 4.69) is 20.8 Å². The predicted octanol–water partition coefficient (Wildman–Crippen LogP) is 6.64. The van der Waals surface area contributed by atoms with Crippen LogP contribution in [0.2, 0.25) is 0 Å². The highest BCUT2D eigenvalue weighted by Crippen LogP contribution is 2.36. The molecule has 1 amide bonds. The highest BCUT2D eigenvalue weighted by Gasteiger charge is 2.16. The molecule has 0 aliphatic heterocycles. The number of nitrogens with zero attached hydrogens (tertiary/aromatic N) is 2. The molecule has 1 heterocycles. The Kier molecular flexibility index (Phi) is 7.12. The van der Waals surface area contributed by atoms with E-state index in [4.69, 9.17) is 4.74 Å². The molecule has 6 nitrogen and oxygen atoms in total. The molecule has 4 rings (SSSR count). The van der Waals surface area contributed by atoms with Gasteiger partial charge in [-0.05, 0) is 29.8 Å². The van der Waals surface area contributed by atoms with Crippen molar-refractivity contribution in [2.75, 3.05) is 10.7 Å². The number of hydrazone groups is 1. The summed E-state index contributed by atoms with van der Waals surface area (Å²) in [5.41, 5.74) is 5.50. The van der Waals surface area contributed by atoms with E-state index in [1.807, 2.05) is 98.8 Å². The van der Waals surface area contributed by atoms with E-state index in [9.17, 15) is 4.79 Å². The first-order chi connectivity index (χ1) is 16.1. The van der Waals surface area contributed by atoms with Gasteiger partial charge in [-0.15, -0.1) is 0 Å². The second kappa shape index (κ2) is 10.6. The highest BCUT2D eigenvalue weighted by molar-refractivity contribution is 7.20. The molecule has 0 radical (unpaired) electrons. The number of carbonyl (C=O) groups excluding carboxylic acids is 1. The van der Waals surface area contributed by atoms with E-state index in [1.54, 1.807) is 6.21 Å². The maximum Gasteiger partial charge on any atom is 0.227 e. The number of hydrogen-bond donors (Lipinski definition) is 2. The number of ether oxygens (including phenoxy) is 1. The van der Waals surface area contributed by atoms with Gasteiger partial charge in [-0.2, -0.15) is 5.10 Å². The van der Waals surface area contributed by atoms with Crippen LogP contribution in [-0.2, 0) is 4.79 Å². The fraction of sp³-hybridized carbons (Fsp3) is 0.115. The minimum atomic E-state index is -0.129.